The minimum absolute atomic E-state index is 0.594. The first-order valence-corrected chi connectivity index (χ1v) is 8.34. The molecule has 1 fully saturated rings. The van der Waals surface area contributed by atoms with Gasteiger partial charge in [0.2, 0.25) is 0 Å². The second kappa shape index (κ2) is 8.71. The maximum Gasteiger partial charge on any atom is 0.323 e. The Hall–Kier alpha value is -0.650. The van der Waals surface area contributed by atoms with E-state index in [4.69, 9.17) is 0 Å². The highest BCUT2D eigenvalue weighted by molar-refractivity contribution is 5.78. The third kappa shape index (κ3) is 5.57. The summed E-state index contributed by atoms with van der Waals surface area (Å²) in [6, 6.07) is 0.594. The molecule has 1 rings (SSSR count). The highest BCUT2D eigenvalue weighted by atomic mass is 16.4. The molecule has 0 saturated carbocycles. The third-order valence-electron chi connectivity index (χ3n) is 4.83. The van der Waals surface area contributed by atoms with E-state index in [-0.39, 0.29) is 0 Å². The van der Waals surface area contributed by atoms with Crippen LogP contribution in [0.5, 0.6) is 0 Å². The number of carboxylic acids is 1. The van der Waals surface area contributed by atoms with Crippen LogP contribution in [0.15, 0.2) is 0 Å². The second-order valence-electron chi connectivity index (χ2n) is 6.46. The number of hydrogen-bond acceptors (Lipinski definition) is 4. The van der Waals surface area contributed by atoms with E-state index >= 15 is 0 Å². The van der Waals surface area contributed by atoms with Crippen molar-refractivity contribution < 1.29 is 9.90 Å². The van der Waals surface area contributed by atoms with Crippen LogP contribution in [0.2, 0.25) is 0 Å². The molecule has 0 spiro atoms. The Morgan fingerprint density at radius 2 is 2.00 bits per heavy atom. The summed E-state index contributed by atoms with van der Waals surface area (Å²) in [5.74, 6) is -0.745. The molecule has 21 heavy (non-hydrogen) atoms. The van der Waals surface area contributed by atoms with Crippen LogP contribution in [0.25, 0.3) is 0 Å². The zero-order valence-electron chi connectivity index (χ0n) is 14.2. The molecule has 0 aromatic rings. The standard InChI is InChI=1S/C16H33N3O2/c1-5-10-17-16(3,15(20)21)9-13-18(4)14-7-11-19(6-2)12-8-14/h14,17H,5-13H2,1-4H3,(H,20,21). The Morgan fingerprint density at radius 3 is 2.48 bits per heavy atom. The average Bonchev–Trinajstić information content (AvgIpc) is 2.50. The predicted octanol–water partition coefficient (Wildman–Crippen LogP) is 1.64. The van der Waals surface area contributed by atoms with E-state index in [1.165, 1.54) is 12.8 Å². The summed E-state index contributed by atoms with van der Waals surface area (Å²) in [7, 11) is 2.13. The van der Waals surface area contributed by atoms with E-state index in [1.807, 2.05) is 0 Å². The molecule has 1 atom stereocenters. The lowest BCUT2D eigenvalue weighted by Gasteiger charge is -2.37. The van der Waals surface area contributed by atoms with Crippen molar-refractivity contribution in [2.24, 2.45) is 0 Å². The predicted molar refractivity (Wildman–Crippen MR) is 86.7 cm³/mol. The SMILES string of the molecule is CCCNC(C)(CCN(C)C1CCN(CC)CC1)C(=O)O. The zero-order valence-corrected chi connectivity index (χ0v) is 14.2. The summed E-state index contributed by atoms with van der Waals surface area (Å²) >= 11 is 0. The molecule has 5 heteroatoms. The van der Waals surface area contributed by atoms with Crippen LogP contribution in [-0.4, -0.2) is 72.2 Å². The van der Waals surface area contributed by atoms with E-state index < -0.39 is 11.5 Å². The van der Waals surface area contributed by atoms with Gasteiger partial charge in [-0.25, -0.2) is 0 Å². The van der Waals surface area contributed by atoms with Gasteiger partial charge in [0.05, 0.1) is 0 Å². The van der Waals surface area contributed by atoms with Gasteiger partial charge < -0.3 is 20.2 Å². The summed E-state index contributed by atoms with van der Waals surface area (Å²) < 4.78 is 0. The molecule has 124 valence electrons. The molecule has 1 heterocycles. The van der Waals surface area contributed by atoms with E-state index in [2.05, 4.69) is 36.0 Å². The molecule has 1 aliphatic rings. The Bertz CT molecular complexity index is 317. The second-order valence-corrected chi connectivity index (χ2v) is 6.46. The van der Waals surface area contributed by atoms with Gasteiger partial charge >= 0.3 is 5.97 Å². The van der Waals surface area contributed by atoms with E-state index in [9.17, 15) is 9.90 Å². The molecule has 0 aliphatic carbocycles. The number of rotatable bonds is 9. The van der Waals surface area contributed by atoms with Crippen molar-refractivity contribution in [2.75, 3.05) is 39.8 Å². The largest absolute Gasteiger partial charge is 0.480 e. The van der Waals surface area contributed by atoms with Gasteiger partial charge in [-0.15, -0.1) is 0 Å². The maximum absolute atomic E-state index is 11.5. The monoisotopic (exact) mass is 299 g/mol. The molecule has 0 amide bonds. The molecule has 5 nitrogen and oxygen atoms in total. The van der Waals surface area contributed by atoms with Gasteiger partial charge in [0.1, 0.15) is 5.54 Å². The first kappa shape index (κ1) is 18.4. The first-order chi connectivity index (χ1) is 9.92. The summed E-state index contributed by atoms with van der Waals surface area (Å²) in [5, 5.41) is 12.6. The van der Waals surface area contributed by atoms with Gasteiger partial charge in [-0.05, 0) is 65.8 Å². The number of carboxylic acid groups (broad SMARTS) is 1. The van der Waals surface area contributed by atoms with Crippen LogP contribution >= 0.6 is 0 Å². The molecule has 1 aliphatic heterocycles. The molecule has 1 unspecified atom stereocenters. The highest BCUT2D eigenvalue weighted by Crippen LogP contribution is 2.18. The van der Waals surface area contributed by atoms with Crippen molar-refractivity contribution in [1.29, 1.82) is 0 Å². The summed E-state index contributed by atoms with van der Waals surface area (Å²) in [5.41, 5.74) is -0.811. The number of piperidine rings is 1. The fraction of sp³-hybridized carbons (Fsp3) is 0.938. The molecule has 0 bridgehead atoms. The van der Waals surface area contributed by atoms with E-state index in [0.29, 0.717) is 12.5 Å². The van der Waals surface area contributed by atoms with Crippen molar-refractivity contribution in [1.82, 2.24) is 15.1 Å². The van der Waals surface area contributed by atoms with Crippen LogP contribution < -0.4 is 5.32 Å². The summed E-state index contributed by atoms with van der Waals surface area (Å²) in [4.78, 5) is 16.3. The number of hydrogen-bond donors (Lipinski definition) is 2. The molecule has 2 N–H and O–H groups in total. The third-order valence-corrected chi connectivity index (χ3v) is 4.83. The van der Waals surface area contributed by atoms with Gasteiger partial charge in [0.25, 0.3) is 0 Å². The fourth-order valence-electron chi connectivity index (χ4n) is 2.93. The highest BCUT2D eigenvalue weighted by Gasteiger charge is 2.33. The van der Waals surface area contributed by atoms with Gasteiger partial charge in [0, 0.05) is 12.6 Å². The topological polar surface area (TPSA) is 55.8 Å². The van der Waals surface area contributed by atoms with Crippen molar-refractivity contribution in [3.05, 3.63) is 0 Å². The Morgan fingerprint density at radius 1 is 1.38 bits per heavy atom. The number of aliphatic carboxylic acids is 1. The summed E-state index contributed by atoms with van der Waals surface area (Å²) in [6.45, 7) is 11.1. The molecule has 1 saturated heterocycles. The first-order valence-electron chi connectivity index (χ1n) is 8.34. The van der Waals surface area contributed by atoms with Crippen molar-refractivity contribution >= 4 is 5.97 Å². The van der Waals surface area contributed by atoms with Gasteiger partial charge in [-0.2, -0.15) is 0 Å². The fourth-order valence-corrected chi connectivity index (χ4v) is 2.93. The van der Waals surface area contributed by atoms with E-state index in [1.54, 1.807) is 6.92 Å². The molecule has 0 radical (unpaired) electrons. The average molecular weight is 299 g/mol. The zero-order chi connectivity index (χ0) is 15.9. The van der Waals surface area contributed by atoms with Crippen molar-refractivity contribution in [3.8, 4) is 0 Å². The number of likely N-dealkylation sites (tertiary alicyclic amines) is 1. The van der Waals surface area contributed by atoms with Crippen LogP contribution in [0.4, 0.5) is 0 Å². The lowest BCUT2D eigenvalue weighted by Crippen LogP contribution is -2.52. The molecule has 0 aromatic carbocycles. The minimum atomic E-state index is -0.811. The Kier molecular flexibility index (Phi) is 7.63. The van der Waals surface area contributed by atoms with Gasteiger partial charge in [-0.3, -0.25) is 4.79 Å². The summed E-state index contributed by atoms with van der Waals surface area (Å²) in [6.07, 6.45) is 3.98. The lowest BCUT2D eigenvalue weighted by molar-refractivity contribution is -0.144. The van der Waals surface area contributed by atoms with Crippen LogP contribution in [-0.2, 0) is 4.79 Å². The maximum atomic E-state index is 11.5. The van der Waals surface area contributed by atoms with Crippen LogP contribution in [0, 0.1) is 0 Å². The quantitative estimate of drug-likeness (QED) is 0.678. The minimum Gasteiger partial charge on any atom is -0.480 e. The Balaban J connectivity index is 2.43. The van der Waals surface area contributed by atoms with Crippen LogP contribution in [0.1, 0.15) is 46.5 Å². The molecular weight excluding hydrogens is 266 g/mol. The molecule has 0 aromatic heterocycles. The van der Waals surface area contributed by atoms with Crippen molar-refractivity contribution in [2.45, 2.75) is 58.0 Å². The van der Waals surface area contributed by atoms with Crippen LogP contribution in [0.3, 0.4) is 0 Å². The number of carbonyl (C=O) groups is 1. The van der Waals surface area contributed by atoms with E-state index in [0.717, 1.165) is 39.1 Å². The van der Waals surface area contributed by atoms with Crippen molar-refractivity contribution in [3.63, 3.8) is 0 Å². The smallest absolute Gasteiger partial charge is 0.323 e. The lowest BCUT2D eigenvalue weighted by atomic mass is 9.96. The Labute approximate surface area is 129 Å². The number of nitrogens with one attached hydrogen (secondary N) is 1. The molecular formula is C16H33N3O2. The van der Waals surface area contributed by atoms with Gasteiger partial charge in [-0.1, -0.05) is 13.8 Å². The number of nitrogens with zero attached hydrogens (tertiary/aromatic N) is 2. The van der Waals surface area contributed by atoms with Gasteiger partial charge in [0.15, 0.2) is 0 Å². The normalized spacial score (nSPS) is 20.6.